The number of nitrogens with zero attached hydrogens (tertiary/aromatic N) is 7. The van der Waals surface area contributed by atoms with E-state index in [-0.39, 0.29) is 11.5 Å². The van der Waals surface area contributed by atoms with Crippen molar-refractivity contribution in [3.05, 3.63) is 65.4 Å². The van der Waals surface area contributed by atoms with Gasteiger partial charge in [-0.15, -0.1) is 0 Å². The molecule has 1 aromatic heterocycles. The summed E-state index contributed by atoms with van der Waals surface area (Å²) in [5.41, 5.74) is 4.88. The highest BCUT2D eigenvalue weighted by Gasteiger charge is 2.44. The number of anilines is 2. The van der Waals surface area contributed by atoms with Gasteiger partial charge in [0.1, 0.15) is 12.5 Å². The standard InChI is InChI=1S/C35H44FN7O/c1-26-8-6-9-27-10-7-11-31(32(26)27)42-19-13-29-30(23-42)38-34(44-25-35(14-15-35)24-40(2)3)39-33(29)43-21-20-41(18-5-4-16-36)28(22-43)12-17-37/h4-11,28H,12-16,18-25H2,1-3H3/b5-4+. The molecule has 9 heteroatoms. The first-order valence-corrected chi connectivity index (χ1v) is 15.9. The first kappa shape index (κ1) is 30.3. The van der Waals surface area contributed by atoms with Gasteiger partial charge in [-0.1, -0.05) is 42.5 Å². The minimum absolute atomic E-state index is 0.0431. The van der Waals surface area contributed by atoms with E-state index in [0.29, 0.717) is 38.7 Å². The summed E-state index contributed by atoms with van der Waals surface area (Å²) in [6.07, 6.45) is 6.98. The number of aryl methyl sites for hydroxylation is 1. The van der Waals surface area contributed by atoms with E-state index >= 15 is 0 Å². The third kappa shape index (κ3) is 6.52. The maximum Gasteiger partial charge on any atom is 0.318 e. The van der Waals surface area contributed by atoms with Gasteiger partial charge in [-0.3, -0.25) is 4.90 Å². The van der Waals surface area contributed by atoms with E-state index in [1.54, 1.807) is 6.08 Å². The van der Waals surface area contributed by atoms with Crippen molar-refractivity contribution in [2.24, 2.45) is 5.41 Å². The number of halogens is 1. The molecule has 8 nitrogen and oxygen atoms in total. The number of ether oxygens (including phenoxy) is 1. The average Bonchev–Trinajstić information content (AvgIpc) is 3.78. The highest BCUT2D eigenvalue weighted by Crippen LogP contribution is 2.46. The topological polar surface area (TPSA) is 71.8 Å². The molecule has 6 rings (SSSR count). The molecule has 1 aliphatic carbocycles. The number of alkyl halides is 1. The largest absolute Gasteiger partial charge is 0.463 e. The van der Waals surface area contributed by atoms with E-state index in [1.807, 2.05) is 6.08 Å². The van der Waals surface area contributed by atoms with Crippen molar-refractivity contribution in [3.63, 3.8) is 0 Å². The number of fused-ring (bicyclic) bond motifs is 2. The van der Waals surface area contributed by atoms with Crippen LogP contribution in [0.25, 0.3) is 10.8 Å². The van der Waals surface area contributed by atoms with Crippen molar-refractivity contribution >= 4 is 22.3 Å². The molecule has 0 amide bonds. The van der Waals surface area contributed by atoms with Crippen LogP contribution in [0, 0.1) is 23.7 Å². The van der Waals surface area contributed by atoms with Gasteiger partial charge in [0.05, 0.1) is 31.3 Å². The molecular formula is C35H44FN7O. The van der Waals surface area contributed by atoms with Gasteiger partial charge in [-0.05, 0) is 57.3 Å². The van der Waals surface area contributed by atoms with Crippen molar-refractivity contribution in [1.29, 1.82) is 5.26 Å². The van der Waals surface area contributed by atoms with Crippen molar-refractivity contribution in [1.82, 2.24) is 19.8 Å². The molecule has 0 radical (unpaired) electrons. The van der Waals surface area contributed by atoms with Crippen LogP contribution in [0.15, 0.2) is 48.6 Å². The average molecular weight is 598 g/mol. The monoisotopic (exact) mass is 597 g/mol. The molecule has 3 aliphatic rings. The van der Waals surface area contributed by atoms with E-state index in [2.05, 4.69) is 83.1 Å². The number of piperazine rings is 1. The maximum atomic E-state index is 12.7. The zero-order valence-electron chi connectivity index (χ0n) is 26.3. The van der Waals surface area contributed by atoms with Crippen LogP contribution in [0.1, 0.15) is 36.1 Å². The molecule has 1 unspecified atom stereocenters. The minimum Gasteiger partial charge on any atom is -0.463 e. The summed E-state index contributed by atoms with van der Waals surface area (Å²) in [7, 11) is 4.23. The number of benzene rings is 2. The van der Waals surface area contributed by atoms with E-state index in [0.717, 1.165) is 57.0 Å². The van der Waals surface area contributed by atoms with E-state index in [1.165, 1.54) is 27.6 Å². The molecule has 0 spiro atoms. The Morgan fingerprint density at radius 1 is 1.09 bits per heavy atom. The lowest BCUT2D eigenvalue weighted by Gasteiger charge is -2.42. The highest BCUT2D eigenvalue weighted by molar-refractivity contribution is 5.97. The predicted octanol–water partition coefficient (Wildman–Crippen LogP) is 5.15. The molecule has 2 aliphatic heterocycles. The second-order valence-electron chi connectivity index (χ2n) is 13.0. The van der Waals surface area contributed by atoms with Gasteiger partial charge in [0.2, 0.25) is 0 Å². The van der Waals surface area contributed by atoms with Gasteiger partial charge in [-0.2, -0.15) is 15.2 Å². The van der Waals surface area contributed by atoms with Crippen LogP contribution in [-0.4, -0.2) is 92.5 Å². The van der Waals surface area contributed by atoms with E-state index in [9.17, 15) is 9.65 Å². The summed E-state index contributed by atoms with van der Waals surface area (Å²) < 4.78 is 19.1. The lowest BCUT2D eigenvalue weighted by atomic mass is 9.99. The summed E-state index contributed by atoms with van der Waals surface area (Å²) in [6.45, 7) is 7.79. The number of hydrogen-bond acceptors (Lipinski definition) is 8. The van der Waals surface area contributed by atoms with Crippen LogP contribution < -0.4 is 14.5 Å². The highest BCUT2D eigenvalue weighted by atomic mass is 19.1. The van der Waals surface area contributed by atoms with E-state index < -0.39 is 6.67 Å². The molecule has 44 heavy (non-hydrogen) atoms. The van der Waals surface area contributed by atoms with Crippen LogP contribution >= 0.6 is 0 Å². The van der Waals surface area contributed by atoms with Gasteiger partial charge in [0, 0.05) is 67.4 Å². The van der Waals surface area contributed by atoms with Gasteiger partial charge < -0.3 is 19.4 Å². The Labute approximate surface area is 260 Å². The number of allylic oxidation sites excluding steroid dienone is 1. The van der Waals surface area contributed by atoms with Crippen LogP contribution in [-0.2, 0) is 13.0 Å². The molecule has 1 saturated carbocycles. The molecule has 1 atom stereocenters. The fourth-order valence-electron chi connectivity index (χ4n) is 7.00. The third-order valence-electron chi connectivity index (χ3n) is 9.40. The first-order chi connectivity index (χ1) is 21.4. The van der Waals surface area contributed by atoms with Gasteiger partial charge >= 0.3 is 6.01 Å². The Morgan fingerprint density at radius 2 is 1.91 bits per heavy atom. The lowest BCUT2D eigenvalue weighted by molar-refractivity contribution is 0.181. The second kappa shape index (κ2) is 13.1. The van der Waals surface area contributed by atoms with Crippen LogP contribution in [0.2, 0.25) is 0 Å². The summed E-state index contributed by atoms with van der Waals surface area (Å²) in [4.78, 5) is 19.4. The van der Waals surface area contributed by atoms with Gasteiger partial charge in [0.15, 0.2) is 0 Å². The number of hydrogen-bond donors (Lipinski definition) is 0. The smallest absolute Gasteiger partial charge is 0.318 e. The van der Waals surface area contributed by atoms with Crippen molar-refractivity contribution in [2.75, 3.05) is 76.4 Å². The minimum atomic E-state index is -0.468. The summed E-state index contributed by atoms with van der Waals surface area (Å²) in [5, 5.41) is 12.2. The predicted molar refractivity (Wildman–Crippen MR) is 174 cm³/mol. The normalized spacial score (nSPS) is 19.9. The molecule has 0 N–H and O–H groups in total. The fourth-order valence-corrected chi connectivity index (χ4v) is 7.00. The van der Waals surface area contributed by atoms with Crippen LogP contribution in [0.4, 0.5) is 15.9 Å². The Hall–Kier alpha value is -3.74. The molecule has 3 heterocycles. The molecule has 2 fully saturated rings. The first-order valence-electron chi connectivity index (χ1n) is 15.9. The zero-order chi connectivity index (χ0) is 30.7. The molecule has 3 aromatic rings. The van der Waals surface area contributed by atoms with Crippen LogP contribution in [0.3, 0.4) is 0 Å². The number of aromatic nitrogens is 2. The van der Waals surface area contributed by atoms with Crippen LogP contribution in [0.5, 0.6) is 6.01 Å². The summed E-state index contributed by atoms with van der Waals surface area (Å²) >= 11 is 0. The Balaban J connectivity index is 1.31. The lowest BCUT2D eigenvalue weighted by Crippen LogP contribution is -2.53. The maximum absolute atomic E-state index is 12.7. The molecular weight excluding hydrogens is 553 g/mol. The Bertz CT molecular complexity index is 1540. The number of nitriles is 1. The third-order valence-corrected chi connectivity index (χ3v) is 9.40. The summed E-state index contributed by atoms with van der Waals surface area (Å²) in [5.74, 6) is 0.943. The second-order valence-corrected chi connectivity index (χ2v) is 13.0. The van der Waals surface area contributed by atoms with Gasteiger partial charge in [-0.25, -0.2) is 4.39 Å². The van der Waals surface area contributed by atoms with Crippen molar-refractivity contribution in [2.45, 2.75) is 45.2 Å². The SMILES string of the molecule is Cc1cccc2cccc(N3CCc4c(nc(OCC5(CN(C)C)CC5)nc4N4CCN(C/C=C/CF)C(CC#N)C4)C3)c12. The van der Waals surface area contributed by atoms with Crippen molar-refractivity contribution in [3.8, 4) is 12.1 Å². The van der Waals surface area contributed by atoms with Gasteiger partial charge in [0.25, 0.3) is 0 Å². The fraction of sp³-hybridized carbons (Fsp3) is 0.514. The molecule has 232 valence electrons. The Morgan fingerprint density at radius 3 is 2.66 bits per heavy atom. The zero-order valence-corrected chi connectivity index (χ0v) is 26.3. The molecule has 2 aromatic carbocycles. The molecule has 0 bridgehead atoms. The molecule has 1 saturated heterocycles. The quantitative estimate of drug-likeness (QED) is 0.281. The number of rotatable bonds is 11. The summed E-state index contributed by atoms with van der Waals surface area (Å²) in [6, 6.07) is 15.9. The van der Waals surface area contributed by atoms with Crippen molar-refractivity contribution < 1.29 is 9.13 Å². The Kier molecular flexibility index (Phi) is 9.01. The van der Waals surface area contributed by atoms with E-state index in [4.69, 9.17) is 14.7 Å².